The van der Waals surface area contributed by atoms with Gasteiger partial charge in [-0.2, -0.15) is 0 Å². The molecule has 0 saturated heterocycles. The molecule has 130 valence electrons. The van der Waals surface area contributed by atoms with E-state index in [0.717, 1.165) is 25.1 Å². The molecule has 2 rings (SSSR count). The van der Waals surface area contributed by atoms with Gasteiger partial charge in [-0.1, -0.05) is 23.3 Å². The summed E-state index contributed by atoms with van der Waals surface area (Å²) >= 11 is 6.28. The lowest BCUT2D eigenvalue weighted by molar-refractivity contribution is 0.311. The third-order valence-electron chi connectivity index (χ3n) is 3.91. The summed E-state index contributed by atoms with van der Waals surface area (Å²) in [5.74, 6) is 1.32. The van der Waals surface area contributed by atoms with Crippen molar-refractivity contribution in [3.05, 3.63) is 34.4 Å². The van der Waals surface area contributed by atoms with Crippen LogP contribution < -0.4 is 14.8 Å². The van der Waals surface area contributed by atoms with Crippen molar-refractivity contribution in [2.75, 3.05) is 20.3 Å². The van der Waals surface area contributed by atoms with E-state index in [1.165, 1.54) is 25.7 Å². The van der Waals surface area contributed by atoms with Gasteiger partial charge in [0, 0.05) is 6.54 Å². The molecular weight excluding hydrogens is 333 g/mol. The Hall–Kier alpha value is -0.900. The third kappa shape index (κ3) is 6.25. The van der Waals surface area contributed by atoms with E-state index in [1.54, 1.807) is 12.7 Å². The summed E-state index contributed by atoms with van der Waals surface area (Å²) in [5, 5.41) is 4.09. The molecule has 3 nitrogen and oxygen atoms in total. The van der Waals surface area contributed by atoms with Gasteiger partial charge in [-0.25, -0.2) is 0 Å². The minimum Gasteiger partial charge on any atom is -0.493 e. The quantitative estimate of drug-likeness (QED) is 0.514. The van der Waals surface area contributed by atoms with E-state index < -0.39 is 0 Å². The number of nitrogens with one attached hydrogen (secondary N) is 1. The Balaban J connectivity index is 0.00000264. The molecule has 1 aromatic carbocycles. The lowest BCUT2D eigenvalue weighted by atomic mass is 9.97. The van der Waals surface area contributed by atoms with Crippen molar-refractivity contribution >= 4 is 24.0 Å². The van der Waals surface area contributed by atoms with Crippen LogP contribution >= 0.6 is 24.0 Å². The highest BCUT2D eigenvalue weighted by Crippen LogP contribution is 2.36. The van der Waals surface area contributed by atoms with Gasteiger partial charge in [0.15, 0.2) is 11.5 Å². The standard InChI is InChI=1S/C18H26ClNO2.ClH/c1-3-22-18-16(19)11-15(12-17(18)21-2)13-20-10-9-14-7-5-4-6-8-14;/h7,11-12,20H,3-6,8-10,13H2,1-2H3;1H. The van der Waals surface area contributed by atoms with Gasteiger partial charge in [0.25, 0.3) is 0 Å². The van der Waals surface area contributed by atoms with Crippen molar-refractivity contribution < 1.29 is 9.47 Å². The number of rotatable bonds is 8. The summed E-state index contributed by atoms with van der Waals surface area (Å²) in [6, 6.07) is 3.94. The van der Waals surface area contributed by atoms with E-state index in [0.29, 0.717) is 23.1 Å². The molecule has 0 spiro atoms. The van der Waals surface area contributed by atoms with Crippen LogP contribution in [0.15, 0.2) is 23.8 Å². The molecule has 1 aliphatic rings. The van der Waals surface area contributed by atoms with E-state index in [1.807, 2.05) is 19.1 Å². The zero-order valence-electron chi connectivity index (χ0n) is 14.0. The van der Waals surface area contributed by atoms with Gasteiger partial charge in [-0.15, -0.1) is 12.4 Å². The maximum atomic E-state index is 6.28. The first kappa shape index (κ1) is 20.1. The Bertz CT molecular complexity index is 518. The van der Waals surface area contributed by atoms with Crippen molar-refractivity contribution in [3.63, 3.8) is 0 Å². The number of benzene rings is 1. The second kappa shape index (κ2) is 10.8. The molecule has 0 fully saturated rings. The van der Waals surface area contributed by atoms with E-state index in [-0.39, 0.29) is 12.4 Å². The summed E-state index contributed by atoms with van der Waals surface area (Å²) in [7, 11) is 1.64. The molecule has 1 aromatic rings. The molecule has 0 aliphatic heterocycles. The summed E-state index contributed by atoms with van der Waals surface area (Å²) in [5.41, 5.74) is 2.71. The van der Waals surface area contributed by atoms with Crippen LogP contribution in [0.3, 0.4) is 0 Å². The molecule has 0 radical (unpaired) electrons. The molecule has 5 heteroatoms. The van der Waals surface area contributed by atoms with Crippen molar-refractivity contribution in [2.45, 2.75) is 45.6 Å². The van der Waals surface area contributed by atoms with Gasteiger partial charge in [-0.05, 0) is 63.3 Å². The van der Waals surface area contributed by atoms with Crippen LogP contribution in [0.1, 0.15) is 44.6 Å². The lowest BCUT2D eigenvalue weighted by Gasteiger charge is -2.15. The molecule has 1 aliphatic carbocycles. The van der Waals surface area contributed by atoms with Crippen molar-refractivity contribution in [1.82, 2.24) is 5.32 Å². The fraction of sp³-hybridized carbons (Fsp3) is 0.556. The lowest BCUT2D eigenvalue weighted by Crippen LogP contribution is -2.16. The highest BCUT2D eigenvalue weighted by atomic mass is 35.5. The van der Waals surface area contributed by atoms with Crippen LogP contribution in [0.25, 0.3) is 0 Å². The van der Waals surface area contributed by atoms with E-state index in [4.69, 9.17) is 21.1 Å². The minimum absolute atomic E-state index is 0. The molecule has 1 N–H and O–H groups in total. The first-order valence-electron chi connectivity index (χ1n) is 8.12. The summed E-state index contributed by atoms with van der Waals surface area (Å²) in [4.78, 5) is 0. The van der Waals surface area contributed by atoms with Crippen LogP contribution in [-0.4, -0.2) is 20.3 Å². The molecule has 0 saturated carbocycles. The van der Waals surface area contributed by atoms with Crippen LogP contribution in [0.5, 0.6) is 11.5 Å². The zero-order valence-corrected chi connectivity index (χ0v) is 15.6. The highest BCUT2D eigenvalue weighted by Gasteiger charge is 2.11. The molecule has 23 heavy (non-hydrogen) atoms. The van der Waals surface area contributed by atoms with E-state index in [9.17, 15) is 0 Å². The maximum Gasteiger partial charge on any atom is 0.179 e. The van der Waals surface area contributed by atoms with Crippen LogP contribution in [0.4, 0.5) is 0 Å². The third-order valence-corrected chi connectivity index (χ3v) is 4.20. The number of methoxy groups -OCH3 is 1. The summed E-state index contributed by atoms with van der Waals surface area (Å²) in [6.07, 6.45) is 8.76. The smallest absolute Gasteiger partial charge is 0.179 e. The van der Waals surface area contributed by atoms with Crippen LogP contribution in [-0.2, 0) is 6.54 Å². The van der Waals surface area contributed by atoms with E-state index in [2.05, 4.69) is 11.4 Å². The second-order valence-corrected chi connectivity index (χ2v) is 5.98. The Kier molecular flexibility index (Phi) is 9.46. The highest BCUT2D eigenvalue weighted by molar-refractivity contribution is 6.32. The predicted molar refractivity (Wildman–Crippen MR) is 99.3 cm³/mol. The maximum absolute atomic E-state index is 6.28. The fourth-order valence-electron chi connectivity index (χ4n) is 2.77. The van der Waals surface area contributed by atoms with Gasteiger partial charge < -0.3 is 14.8 Å². The average Bonchev–Trinajstić information content (AvgIpc) is 2.55. The first-order chi connectivity index (χ1) is 10.7. The fourth-order valence-corrected chi connectivity index (χ4v) is 3.06. The summed E-state index contributed by atoms with van der Waals surface area (Å²) < 4.78 is 10.9. The number of halogens is 2. The topological polar surface area (TPSA) is 30.5 Å². The largest absolute Gasteiger partial charge is 0.493 e. The van der Waals surface area contributed by atoms with Gasteiger partial charge in [0.05, 0.1) is 18.7 Å². The van der Waals surface area contributed by atoms with Crippen LogP contribution in [0.2, 0.25) is 5.02 Å². The van der Waals surface area contributed by atoms with Crippen molar-refractivity contribution in [2.24, 2.45) is 0 Å². The van der Waals surface area contributed by atoms with Crippen LogP contribution in [0, 0.1) is 0 Å². The average molecular weight is 360 g/mol. The molecule has 0 amide bonds. The van der Waals surface area contributed by atoms with E-state index >= 15 is 0 Å². The molecule has 0 bridgehead atoms. The van der Waals surface area contributed by atoms with Gasteiger partial charge in [0.2, 0.25) is 0 Å². The van der Waals surface area contributed by atoms with Gasteiger partial charge in [-0.3, -0.25) is 0 Å². The Morgan fingerprint density at radius 3 is 2.74 bits per heavy atom. The zero-order chi connectivity index (χ0) is 15.8. The number of hydrogen-bond donors (Lipinski definition) is 1. The minimum atomic E-state index is 0. The molecule has 0 heterocycles. The second-order valence-electron chi connectivity index (χ2n) is 5.58. The Morgan fingerprint density at radius 1 is 1.26 bits per heavy atom. The summed E-state index contributed by atoms with van der Waals surface area (Å²) in [6.45, 7) is 4.29. The SMILES string of the molecule is CCOc1c(Cl)cc(CNCCC2=CCCCC2)cc1OC.Cl. The monoisotopic (exact) mass is 359 g/mol. The number of hydrogen-bond acceptors (Lipinski definition) is 3. The molecule has 0 unspecified atom stereocenters. The molecule has 0 atom stereocenters. The molecule has 0 aromatic heterocycles. The first-order valence-corrected chi connectivity index (χ1v) is 8.50. The van der Waals surface area contributed by atoms with Crippen molar-refractivity contribution in [3.8, 4) is 11.5 Å². The van der Waals surface area contributed by atoms with Gasteiger partial charge in [0.1, 0.15) is 0 Å². The Labute approximate surface area is 150 Å². The predicted octanol–water partition coefficient (Wildman–Crippen LogP) is 5.15. The number of allylic oxidation sites excluding steroid dienone is 1. The van der Waals surface area contributed by atoms with Gasteiger partial charge >= 0.3 is 0 Å². The number of ether oxygens (including phenoxy) is 2. The Morgan fingerprint density at radius 2 is 2.09 bits per heavy atom. The normalized spacial score (nSPS) is 14.0. The molecular formula is C18H27Cl2NO2. The van der Waals surface area contributed by atoms with Crippen molar-refractivity contribution in [1.29, 1.82) is 0 Å².